The van der Waals surface area contributed by atoms with Gasteiger partial charge < -0.3 is 5.32 Å². The number of amides is 1. The van der Waals surface area contributed by atoms with Crippen LogP contribution in [0.25, 0.3) is 0 Å². The van der Waals surface area contributed by atoms with E-state index in [-0.39, 0.29) is 16.1 Å². The van der Waals surface area contributed by atoms with Gasteiger partial charge in [0.15, 0.2) is 0 Å². The maximum Gasteiger partial charge on any atom is 0.270 e. The van der Waals surface area contributed by atoms with Crippen LogP contribution < -0.4 is 10.0 Å². The highest BCUT2D eigenvalue weighted by molar-refractivity contribution is 7.92. The summed E-state index contributed by atoms with van der Waals surface area (Å²) in [4.78, 5) is 22.5. The molecule has 2 N–H and O–H groups in total. The fraction of sp³-hybridized carbons (Fsp3) is 0. The molecule has 29 heavy (non-hydrogen) atoms. The number of hydrogen-bond donors (Lipinski definition) is 2. The Morgan fingerprint density at radius 3 is 2.28 bits per heavy atom. The number of nitro groups is 1. The van der Waals surface area contributed by atoms with Crippen molar-refractivity contribution in [2.45, 2.75) is 4.90 Å². The van der Waals surface area contributed by atoms with E-state index in [1.807, 2.05) is 0 Å². The van der Waals surface area contributed by atoms with Crippen molar-refractivity contribution < 1.29 is 18.1 Å². The number of hydrogen-bond acceptors (Lipinski definition) is 5. The molecule has 0 aliphatic rings. The molecule has 0 aliphatic carbocycles. The number of nitrogens with zero attached hydrogens (tertiary/aromatic N) is 1. The number of nitro benzene ring substituents is 1. The quantitative estimate of drug-likeness (QED) is 0.445. The second-order valence-electron chi connectivity index (χ2n) is 5.90. The fourth-order valence-electron chi connectivity index (χ4n) is 2.45. The molecular weight excluding hydrogens is 418 g/mol. The first-order valence-corrected chi connectivity index (χ1v) is 10.0. The molecule has 0 spiro atoms. The average Bonchev–Trinajstić information content (AvgIpc) is 2.68. The summed E-state index contributed by atoms with van der Waals surface area (Å²) in [6.45, 7) is 0. The van der Waals surface area contributed by atoms with Crippen LogP contribution in [0.5, 0.6) is 0 Å². The van der Waals surface area contributed by atoms with Crippen molar-refractivity contribution in [2.24, 2.45) is 0 Å². The zero-order valence-electron chi connectivity index (χ0n) is 14.7. The van der Waals surface area contributed by atoms with Crippen LogP contribution in [0.2, 0.25) is 5.02 Å². The average molecular weight is 432 g/mol. The van der Waals surface area contributed by atoms with Gasteiger partial charge in [-0.15, -0.1) is 0 Å². The Morgan fingerprint density at radius 1 is 0.931 bits per heavy atom. The van der Waals surface area contributed by atoms with Crippen LogP contribution in [0, 0.1) is 10.1 Å². The third-order valence-corrected chi connectivity index (χ3v) is 5.45. The smallest absolute Gasteiger partial charge is 0.270 e. The third kappa shape index (κ3) is 5.09. The molecule has 1 amide bonds. The molecule has 0 fully saturated rings. The fourth-order valence-corrected chi connectivity index (χ4v) is 3.69. The lowest BCUT2D eigenvalue weighted by molar-refractivity contribution is -0.384. The number of anilines is 2. The summed E-state index contributed by atoms with van der Waals surface area (Å²) in [6.07, 6.45) is 0. The summed E-state index contributed by atoms with van der Waals surface area (Å²) in [5.41, 5.74) is 0.563. The molecule has 8 nitrogen and oxygen atoms in total. The summed E-state index contributed by atoms with van der Waals surface area (Å²) >= 11 is 5.85. The van der Waals surface area contributed by atoms with Gasteiger partial charge >= 0.3 is 0 Å². The van der Waals surface area contributed by atoms with Crippen LogP contribution in [0.15, 0.2) is 77.7 Å². The molecule has 0 bridgehead atoms. The van der Waals surface area contributed by atoms with E-state index < -0.39 is 20.9 Å². The predicted octanol–water partition coefficient (Wildman–Crippen LogP) is 4.30. The number of sulfonamides is 1. The number of non-ortho nitro benzene ring substituents is 1. The zero-order valence-corrected chi connectivity index (χ0v) is 16.3. The number of carbonyl (C=O) groups excluding carboxylic acids is 1. The van der Waals surface area contributed by atoms with Gasteiger partial charge in [0.2, 0.25) is 0 Å². The van der Waals surface area contributed by atoms with Crippen molar-refractivity contribution in [3.63, 3.8) is 0 Å². The van der Waals surface area contributed by atoms with E-state index in [1.165, 1.54) is 48.5 Å². The Kier molecular flexibility index (Phi) is 5.81. The largest absolute Gasteiger partial charge is 0.322 e. The summed E-state index contributed by atoms with van der Waals surface area (Å²) < 4.78 is 27.3. The topological polar surface area (TPSA) is 118 Å². The van der Waals surface area contributed by atoms with Crippen molar-refractivity contribution in [3.05, 3.63) is 93.5 Å². The van der Waals surface area contributed by atoms with Gasteiger partial charge in [0.25, 0.3) is 21.6 Å². The Balaban J connectivity index is 1.73. The lowest BCUT2D eigenvalue weighted by Gasteiger charge is -2.10. The van der Waals surface area contributed by atoms with Crippen LogP contribution >= 0.6 is 11.6 Å². The zero-order chi connectivity index (χ0) is 21.0. The van der Waals surface area contributed by atoms with Gasteiger partial charge in [-0.1, -0.05) is 23.7 Å². The molecule has 0 saturated heterocycles. The van der Waals surface area contributed by atoms with E-state index >= 15 is 0 Å². The van der Waals surface area contributed by atoms with Crippen molar-refractivity contribution >= 4 is 44.6 Å². The first-order chi connectivity index (χ1) is 13.7. The molecule has 0 saturated carbocycles. The molecular formula is C19H14ClN3O5S. The number of nitrogens with one attached hydrogen (secondary N) is 2. The highest BCUT2D eigenvalue weighted by Crippen LogP contribution is 2.21. The Hall–Kier alpha value is -3.43. The molecule has 0 heterocycles. The molecule has 3 aromatic carbocycles. The highest BCUT2D eigenvalue weighted by Gasteiger charge is 2.15. The molecule has 0 atom stereocenters. The molecule has 0 aromatic heterocycles. The van der Waals surface area contributed by atoms with Crippen molar-refractivity contribution in [3.8, 4) is 0 Å². The number of carbonyl (C=O) groups is 1. The summed E-state index contributed by atoms with van der Waals surface area (Å²) in [5.74, 6) is -0.554. The van der Waals surface area contributed by atoms with Gasteiger partial charge in [-0.25, -0.2) is 8.42 Å². The number of benzene rings is 3. The minimum Gasteiger partial charge on any atom is -0.322 e. The normalized spacial score (nSPS) is 10.9. The SMILES string of the molecule is O=C(Nc1ccc(S(=O)(=O)Nc2cccc(Cl)c2)cc1)c1cccc([N+](=O)[O-])c1. The van der Waals surface area contributed by atoms with E-state index in [0.717, 1.165) is 6.07 Å². The molecule has 3 rings (SSSR count). The summed E-state index contributed by atoms with van der Waals surface area (Å²) in [7, 11) is -3.84. The molecule has 0 radical (unpaired) electrons. The van der Waals surface area contributed by atoms with E-state index in [9.17, 15) is 23.3 Å². The molecule has 10 heteroatoms. The summed E-state index contributed by atoms with van der Waals surface area (Å²) in [6, 6.07) is 17.1. The van der Waals surface area contributed by atoms with Gasteiger partial charge in [0.1, 0.15) is 0 Å². The van der Waals surface area contributed by atoms with Gasteiger partial charge in [0, 0.05) is 28.4 Å². The van der Waals surface area contributed by atoms with Gasteiger partial charge in [0.05, 0.1) is 15.5 Å². The maximum atomic E-state index is 12.5. The maximum absolute atomic E-state index is 12.5. The molecule has 148 valence electrons. The van der Waals surface area contributed by atoms with Crippen LogP contribution in [-0.4, -0.2) is 19.2 Å². The van der Waals surface area contributed by atoms with E-state index in [4.69, 9.17) is 11.6 Å². The number of rotatable bonds is 6. The van der Waals surface area contributed by atoms with Gasteiger partial charge in [-0.05, 0) is 48.5 Å². The second kappa shape index (κ2) is 8.29. The summed E-state index contributed by atoms with van der Waals surface area (Å²) in [5, 5.41) is 13.8. The second-order valence-corrected chi connectivity index (χ2v) is 8.02. The first-order valence-electron chi connectivity index (χ1n) is 8.19. The van der Waals surface area contributed by atoms with E-state index in [0.29, 0.717) is 16.4 Å². The van der Waals surface area contributed by atoms with Crippen LogP contribution in [-0.2, 0) is 10.0 Å². The molecule has 3 aromatic rings. The Bertz CT molecular complexity index is 1180. The molecule has 0 aliphatic heterocycles. The monoisotopic (exact) mass is 431 g/mol. The van der Waals surface area contributed by atoms with Crippen LogP contribution in [0.3, 0.4) is 0 Å². The lowest BCUT2D eigenvalue weighted by Crippen LogP contribution is -2.14. The van der Waals surface area contributed by atoms with Crippen molar-refractivity contribution in [1.29, 1.82) is 0 Å². The predicted molar refractivity (Wildman–Crippen MR) is 110 cm³/mol. The molecule has 0 unspecified atom stereocenters. The lowest BCUT2D eigenvalue weighted by atomic mass is 10.2. The Labute approximate surface area is 171 Å². The van der Waals surface area contributed by atoms with Crippen molar-refractivity contribution in [1.82, 2.24) is 0 Å². The van der Waals surface area contributed by atoms with Crippen molar-refractivity contribution in [2.75, 3.05) is 10.0 Å². The minimum absolute atomic E-state index is 0.00850. The van der Waals surface area contributed by atoms with E-state index in [2.05, 4.69) is 10.0 Å². The van der Waals surface area contributed by atoms with Crippen LogP contribution in [0.1, 0.15) is 10.4 Å². The third-order valence-electron chi connectivity index (χ3n) is 3.82. The standard InChI is InChI=1S/C19H14ClN3O5S/c20-14-4-2-5-16(12-14)22-29(27,28)18-9-7-15(8-10-18)21-19(24)13-3-1-6-17(11-13)23(25)26/h1-12,22H,(H,21,24). The van der Waals surface area contributed by atoms with Crippen LogP contribution in [0.4, 0.5) is 17.1 Å². The minimum atomic E-state index is -3.84. The number of halogens is 1. The van der Waals surface area contributed by atoms with Gasteiger partial charge in [-0.2, -0.15) is 0 Å². The van der Waals surface area contributed by atoms with Gasteiger partial charge in [-0.3, -0.25) is 19.6 Å². The first kappa shape index (κ1) is 20.3. The van der Waals surface area contributed by atoms with E-state index in [1.54, 1.807) is 18.2 Å². The highest BCUT2D eigenvalue weighted by atomic mass is 35.5. The Morgan fingerprint density at radius 2 is 1.62 bits per heavy atom.